The average molecular weight is 298 g/mol. The van der Waals surface area contributed by atoms with E-state index in [2.05, 4.69) is 26.1 Å². The summed E-state index contributed by atoms with van der Waals surface area (Å²) in [4.78, 5) is 11.7. The summed E-state index contributed by atoms with van der Waals surface area (Å²) in [6, 6.07) is 9.47. The third kappa shape index (κ3) is 8.05. The molecule has 0 aliphatic rings. The maximum atomic E-state index is 11.7. The van der Waals surface area contributed by atoms with Crippen molar-refractivity contribution in [3.8, 4) is 5.75 Å². The molecule has 1 unspecified atom stereocenters. The quantitative estimate of drug-likeness (QED) is 0.781. The summed E-state index contributed by atoms with van der Waals surface area (Å²) >= 11 is 6.19. The van der Waals surface area contributed by atoms with E-state index >= 15 is 0 Å². The van der Waals surface area contributed by atoms with Crippen LogP contribution in [0.4, 0.5) is 0 Å². The minimum atomic E-state index is -0.0333. The monoisotopic (exact) mass is 297 g/mol. The molecule has 0 aromatic heterocycles. The van der Waals surface area contributed by atoms with Crippen LogP contribution in [0.15, 0.2) is 30.3 Å². The number of ether oxygens (including phenoxy) is 1. The Balaban J connectivity index is 2.14. The Hall–Kier alpha value is -1.22. The molecule has 1 aromatic carbocycles. The molecule has 0 spiro atoms. The maximum Gasteiger partial charge on any atom is 0.223 e. The Bertz CT molecular complexity index is 401. The molecule has 0 aliphatic carbocycles. The number of para-hydroxylation sites is 1. The van der Waals surface area contributed by atoms with Gasteiger partial charge in [-0.2, -0.15) is 0 Å². The second kappa shape index (κ2) is 8.15. The largest absolute Gasteiger partial charge is 0.493 e. The van der Waals surface area contributed by atoms with Crippen LogP contribution < -0.4 is 10.1 Å². The molecule has 0 fully saturated rings. The van der Waals surface area contributed by atoms with E-state index in [1.54, 1.807) is 0 Å². The van der Waals surface area contributed by atoms with E-state index < -0.39 is 0 Å². The highest BCUT2D eigenvalue weighted by atomic mass is 35.5. The molecule has 1 N–H and O–H groups in total. The summed E-state index contributed by atoms with van der Waals surface area (Å²) in [7, 11) is 0. The normalized spacial score (nSPS) is 12.8. The van der Waals surface area contributed by atoms with E-state index in [0.29, 0.717) is 19.6 Å². The molecule has 1 atom stereocenters. The highest BCUT2D eigenvalue weighted by Gasteiger charge is 2.17. The number of amides is 1. The van der Waals surface area contributed by atoms with E-state index in [1.165, 1.54) is 0 Å². The maximum absolute atomic E-state index is 11.7. The summed E-state index contributed by atoms with van der Waals surface area (Å²) in [6.07, 6.45) is 1.21. The first-order valence-electron chi connectivity index (χ1n) is 6.95. The van der Waals surface area contributed by atoms with Crippen molar-refractivity contribution in [2.24, 2.45) is 5.41 Å². The van der Waals surface area contributed by atoms with Gasteiger partial charge in [-0.15, -0.1) is 11.6 Å². The number of alkyl halides is 1. The van der Waals surface area contributed by atoms with Crippen LogP contribution in [0.5, 0.6) is 5.75 Å². The summed E-state index contributed by atoms with van der Waals surface area (Å²) in [6.45, 7) is 7.29. The smallest absolute Gasteiger partial charge is 0.223 e. The van der Waals surface area contributed by atoms with Crippen LogP contribution in [0.2, 0.25) is 0 Å². The van der Waals surface area contributed by atoms with E-state index in [9.17, 15) is 4.79 Å². The van der Waals surface area contributed by atoms with Gasteiger partial charge in [0, 0.05) is 6.54 Å². The zero-order valence-corrected chi connectivity index (χ0v) is 13.2. The minimum Gasteiger partial charge on any atom is -0.493 e. The molecule has 1 rings (SSSR count). The van der Waals surface area contributed by atoms with Gasteiger partial charge in [0.25, 0.3) is 0 Å². The number of hydrogen-bond acceptors (Lipinski definition) is 2. The van der Waals surface area contributed by atoms with Gasteiger partial charge < -0.3 is 10.1 Å². The molecule has 0 aliphatic heterocycles. The standard InChI is InChI=1S/C16H24ClNO2/c1-16(2,3)11-13(17)12-18-15(19)9-10-20-14-7-5-4-6-8-14/h4-8,13H,9-12H2,1-3H3,(H,18,19). The third-order valence-corrected chi connectivity index (χ3v) is 3.00. The second-order valence-electron chi connectivity index (χ2n) is 6.08. The van der Waals surface area contributed by atoms with Crippen LogP contribution in [-0.4, -0.2) is 24.4 Å². The highest BCUT2D eigenvalue weighted by Crippen LogP contribution is 2.23. The van der Waals surface area contributed by atoms with Crippen LogP contribution in [0.1, 0.15) is 33.6 Å². The molecule has 0 saturated carbocycles. The molecule has 20 heavy (non-hydrogen) atoms. The Kier molecular flexibility index (Phi) is 6.86. The van der Waals surface area contributed by atoms with Gasteiger partial charge in [-0.1, -0.05) is 39.0 Å². The zero-order chi connectivity index (χ0) is 15.0. The number of carbonyl (C=O) groups excluding carboxylic acids is 1. The van der Waals surface area contributed by atoms with Crippen LogP contribution >= 0.6 is 11.6 Å². The zero-order valence-electron chi connectivity index (χ0n) is 12.5. The van der Waals surface area contributed by atoms with E-state index in [0.717, 1.165) is 12.2 Å². The Morgan fingerprint density at radius 1 is 1.30 bits per heavy atom. The Morgan fingerprint density at radius 2 is 1.95 bits per heavy atom. The van der Waals surface area contributed by atoms with Crippen molar-refractivity contribution >= 4 is 17.5 Å². The van der Waals surface area contributed by atoms with Gasteiger partial charge in [-0.3, -0.25) is 4.79 Å². The van der Waals surface area contributed by atoms with Crippen LogP contribution in [0.25, 0.3) is 0 Å². The predicted octanol–water partition coefficient (Wildman–Crippen LogP) is 3.62. The molecule has 3 nitrogen and oxygen atoms in total. The fraction of sp³-hybridized carbons (Fsp3) is 0.562. The number of carbonyl (C=O) groups is 1. The topological polar surface area (TPSA) is 38.3 Å². The summed E-state index contributed by atoms with van der Waals surface area (Å²) in [5.74, 6) is 0.753. The fourth-order valence-electron chi connectivity index (χ4n) is 1.83. The summed E-state index contributed by atoms with van der Waals surface area (Å²) < 4.78 is 5.47. The first kappa shape index (κ1) is 16.8. The predicted molar refractivity (Wildman–Crippen MR) is 83.3 cm³/mol. The number of rotatable bonds is 7. The molecular formula is C16H24ClNO2. The molecule has 1 aromatic rings. The molecule has 0 radical (unpaired) electrons. The van der Waals surface area contributed by atoms with Gasteiger partial charge in [0.05, 0.1) is 18.4 Å². The van der Waals surface area contributed by atoms with Gasteiger partial charge in [0.1, 0.15) is 5.75 Å². The lowest BCUT2D eigenvalue weighted by Gasteiger charge is -2.22. The number of halogens is 1. The molecular weight excluding hydrogens is 274 g/mol. The van der Waals surface area contributed by atoms with Crippen LogP contribution in [-0.2, 0) is 4.79 Å². The average Bonchev–Trinajstić information content (AvgIpc) is 2.36. The molecule has 0 heterocycles. The first-order chi connectivity index (χ1) is 9.37. The second-order valence-corrected chi connectivity index (χ2v) is 6.69. The summed E-state index contributed by atoms with van der Waals surface area (Å²) in [5.41, 5.74) is 0.174. The van der Waals surface area contributed by atoms with E-state index in [1.807, 2.05) is 30.3 Å². The molecule has 0 bridgehead atoms. The minimum absolute atomic E-state index is 0.0273. The lowest BCUT2D eigenvalue weighted by Crippen LogP contribution is -2.32. The Morgan fingerprint density at radius 3 is 2.55 bits per heavy atom. The number of nitrogens with one attached hydrogen (secondary N) is 1. The van der Waals surface area contributed by atoms with Crippen molar-refractivity contribution in [1.82, 2.24) is 5.32 Å². The van der Waals surface area contributed by atoms with Gasteiger partial charge in [0.2, 0.25) is 5.91 Å². The SMILES string of the molecule is CC(C)(C)CC(Cl)CNC(=O)CCOc1ccccc1. The van der Waals surface area contributed by atoms with Crippen molar-refractivity contribution in [1.29, 1.82) is 0 Å². The number of benzene rings is 1. The van der Waals surface area contributed by atoms with E-state index in [-0.39, 0.29) is 16.7 Å². The van der Waals surface area contributed by atoms with Crippen LogP contribution in [0, 0.1) is 5.41 Å². The third-order valence-electron chi connectivity index (χ3n) is 2.70. The van der Waals surface area contributed by atoms with Gasteiger partial charge in [0.15, 0.2) is 0 Å². The molecule has 1 amide bonds. The van der Waals surface area contributed by atoms with Crippen molar-refractivity contribution in [3.05, 3.63) is 30.3 Å². The lowest BCUT2D eigenvalue weighted by molar-refractivity contribution is -0.121. The molecule has 4 heteroatoms. The molecule has 0 saturated heterocycles. The summed E-state index contributed by atoms with van der Waals surface area (Å²) in [5, 5.41) is 2.81. The van der Waals surface area contributed by atoms with Crippen LogP contribution in [0.3, 0.4) is 0 Å². The lowest BCUT2D eigenvalue weighted by atomic mass is 9.90. The first-order valence-corrected chi connectivity index (χ1v) is 7.39. The number of hydrogen-bond donors (Lipinski definition) is 1. The van der Waals surface area contributed by atoms with Crippen molar-refractivity contribution in [2.75, 3.05) is 13.2 Å². The van der Waals surface area contributed by atoms with Crippen molar-refractivity contribution in [3.63, 3.8) is 0 Å². The highest BCUT2D eigenvalue weighted by molar-refractivity contribution is 6.20. The van der Waals surface area contributed by atoms with E-state index in [4.69, 9.17) is 16.3 Å². The van der Waals surface area contributed by atoms with Crippen molar-refractivity contribution < 1.29 is 9.53 Å². The van der Waals surface area contributed by atoms with Gasteiger partial charge in [-0.05, 0) is 24.0 Å². The Labute approximate surface area is 126 Å². The van der Waals surface area contributed by atoms with Gasteiger partial charge >= 0.3 is 0 Å². The molecule has 112 valence electrons. The van der Waals surface area contributed by atoms with Gasteiger partial charge in [-0.25, -0.2) is 0 Å². The fourth-order valence-corrected chi connectivity index (χ4v) is 2.37. The van der Waals surface area contributed by atoms with Crippen molar-refractivity contribution in [2.45, 2.75) is 39.0 Å².